The summed E-state index contributed by atoms with van der Waals surface area (Å²) >= 11 is 1.60. The Kier molecular flexibility index (Phi) is 4.31. The SMILES string of the molecule is CS(=O)(=O)CC(=O)N(Cc1ccsc1)C1CC12CCNCC2. The lowest BCUT2D eigenvalue weighted by atomic mass is 9.93. The molecule has 1 aromatic rings. The maximum absolute atomic E-state index is 12.5. The zero-order chi connectivity index (χ0) is 15.8. The van der Waals surface area contributed by atoms with Crippen LogP contribution < -0.4 is 5.32 Å². The van der Waals surface area contributed by atoms with Crippen LogP contribution in [-0.2, 0) is 21.2 Å². The number of thiophene rings is 1. The van der Waals surface area contributed by atoms with Gasteiger partial charge in [0.15, 0.2) is 9.84 Å². The molecule has 0 bridgehead atoms. The Morgan fingerprint density at radius 2 is 2.18 bits per heavy atom. The largest absolute Gasteiger partial charge is 0.334 e. The van der Waals surface area contributed by atoms with Crippen LogP contribution in [0.3, 0.4) is 0 Å². The van der Waals surface area contributed by atoms with Gasteiger partial charge in [-0.2, -0.15) is 11.3 Å². The molecule has 22 heavy (non-hydrogen) atoms. The summed E-state index contributed by atoms with van der Waals surface area (Å²) in [5.74, 6) is -0.642. The van der Waals surface area contributed by atoms with E-state index in [1.54, 1.807) is 11.3 Å². The van der Waals surface area contributed by atoms with Crippen molar-refractivity contribution in [3.8, 4) is 0 Å². The summed E-state index contributed by atoms with van der Waals surface area (Å²) in [6.45, 7) is 2.50. The Labute approximate surface area is 135 Å². The molecule has 0 radical (unpaired) electrons. The number of nitrogens with one attached hydrogen (secondary N) is 1. The van der Waals surface area contributed by atoms with Gasteiger partial charge < -0.3 is 10.2 Å². The minimum absolute atomic E-state index is 0.198. The summed E-state index contributed by atoms with van der Waals surface area (Å²) in [5.41, 5.74) is 1.30. The second-order valence-electron chi connectivity index (χ2n) is 6.56. The Hall–Kier alpha value is -0.920. The van der Waals surface area contributed by atoms with E-state index in [1.165, 1.54) is 0 Å². The molecule has 1 saturated heterocycles. The molecule has 1 N–H and O–H groups in total. The molecule has 2 fully saturated rings. The van der Waals surface area contributed by atoms with E-state index in [-0.39, 0.29) is 23.1 Å². The molecule has 1 aliphatic carbocycles. The summed E-state index contributed by atoms with van der Waals surface area (Å²) in [5, 5.41) is 7.37. The predicted molar refractivity (Wildman–Crippen MR) is 87.5 cm³/mol. The molecule has 1 atom stereocenters. The average molecular weight is 342 g/mol. The predicted octanol–water partition coefficient (Wildman–Crippen LogP) is 1.26. The molecule has 1 aromatic heterocycles. The van der Waals surface area contributed by atoms with Crippen molar-refractivity contribution in [2.75, 3.05) is 25.1 Å². The van der Waals surface area contributed by atoms with Gasteiger partial charge >= 0.3 is 0 Å². The number of hydrogen-bond donors (Lipinski definition) is 1. The highest BCUT2D eigenvalue weighted by Crippen LogP contribution is 2.56. The second-order valence-corrected chi connectivity index (χ2v) is 9.48. The normalized spacial score (nSPS) is 23.4. The lowest BCUT2D eigenvalue weighted by Crippen LogP contribution is -2.41. The molecule has 122 valence electrons. The molecular formula is C15H22N2O3S2. The average Bonchev–Trinajstić information content (AvgIpc) is 2.87. The van der Waals surface area contributed by atoms with Gasteiger partial charge in [-0.1, -0.05) is 0 Å². The third kappa shape index (κ3) is 3.52. The molecule has 1 saturated carbocycles. The van der Waals surface area contributed by atoms with Crippen molar-refractivity contribution in [1.82, 2.24) is 10.2 Å². The molecule has 3 rings (SSSR count). The van der Waals surface area contributed by atoms with Crippen molar-refractivity contribution in [2.45, 2.75) is 31.8 Å². The fourth-order valence-electron chi connectivity index (χ4n) is 3.49. The van der Waals surface area contributed by atoms with E-state index < -0.39 is 9.84 Å². The molecule has 1 spiro atoms. The smallest absolute Gasteiger partial charge is 0.238 e. The molecule has 1 aliphatic heterocycles. The zero-order valence-electron chi connectivity index (χ0n) is 12.7. The Morgan fingerprint density at radius 3 is 2.77 bits per heavy atom. The fraction of sp³-hybridized carbons (Fsp3) is 0.667. The number of amides is 1. The summed E-state index contributed by atoms with van der Waals surface area (Å²) in [6, 6.07) is 2.20. The van der Waals surface area contributed by atoms with Gasteiger partial charge in [0, 0.05) is 18.8 Å². The summed E-state index contributed by atoms with van der Waals surface area (Å²) < 4.78 is 23.0. The Balaban J connectivity index is 1.76. The maximum Gasteiger partial charge on any atom is 0.238 e. The first kappa shape index (κ1) is 16.0. The van der Waals surface area contributed by atoms with Gasteiger partial charge in [-0.05, 0) is 60.2 Å². The molecule has 7 heteroatoms. The minimum Gasteiger partial charge on any atom is -0.334 e. The van der Waals surface area contributed by atoms with Crippen LogP contribution in [0.2, 0.25) is 0 Å². The Morgan fingerprint density at radius 1 is 1.45 bits per heavy atom. The topological polar surface area (TPSA) is 66.5 Å². The molecule has 1 amide bonds. The molecule has 0 aromatic carbocycles. The van der Waals surface area contributed by atoms with E-state index in [2.05, 4.69) is 5.32 Å². The van der Waals surface area contributed by atoms with Crippen molar-refractivity contribution in [3.05, 3.63) is 22.4 Å². The lowest BCUT2D eigenvalue weighted by Gasteiger charge is -2.29. The number of nitrogens with zero attached hydrogens (tertiary/aromatic N) is 1. The van der Waals surface area contributed by atoms with Crippen molar-refractivity contribution >= 4 is 27.1 Å². The molecule has 2 aliphatic rings. The number of piperidine rings is 1. The van der Waals surface area contributed by atoms with Gasteiger partial charge in [0.1, 0.15) is 5.75 Å². The van der Waals surface area contributed by atoms with Crippen molar-refractivity contribution in [2.24, 2.45) is 5.41 Å². The highest BCUT2D eigenvalue weighted by atomic mass is 32.2. The van der Waals surface area contributed by atoms with E-state index in [1.807, 2.05) is 21.7 Å². The van der Waals surface area contributed by atoms with Crippen molar-refractivity contribution in [3.63, 3.8) is 0 Å². The number of sulfone groups is 1. The van der Waals surface area contributed by atoms with Crippen molar-refractivity contribution < 1.29 is 13.2 Å². The van der Waals surface area contributed by atoms with Crippen LogP contribution in [0, 0.1) is 5.41 Å². The number of rotatable bonds is 5. The summed E-state index contributed by atoms with van der Waals surface area (Å²) in [6.07, 6.45) is 4.28. The first-order chi connectivity index (χ1) is 10.4. The third-order valence-electron chi connectivity index (χ3n) is 4.76. The maximum atomic E-state index is 12.5. The number of hydrogen-bond acceptors (Lipinski definition) is 5. The lowest BCUT2D eigenvalue weighted by molar-refractivity contribution is -0.130. The Bertz CT molecular complexity index is 634. The van der Waals surface area contributed by atoms with Gasteiger partial charge in [-0.15, -0.1) is 0 Å². The van der Waals surface area contributed by atoms with Gasteiger partial charge in [-0.25, -0.2) is 8.42 Å². The molecule has 5 nitrogen and oxygen atoms in total. The monoisotopic (exact) mass is 342 g/mol. The van der Waals surface area contributed by atoms with Crippen molar-refractivity contribution in [1.29, 1.82) is 0 Å². The minimum atomic E-state index is -3.30. The van der Waals surface area contributed by atoms with Crippen LogP contribution in [0.4, 0.5) is 0 Å². The second kappa shape index (κ2) is 5.94. The number of carbonyl (C=O) groups excluding carboxylic acids is 1. The van der Waals surface area contributed by atoms with E-state index in [9.17, 15) is 13.2 Å². The van der Waals surface area contributed by atoms with Gasteiger partial charge in [-0.3, -0.25) is 4.79 Å². The van der Waals surface area contributed by atoms with Gasteiger partial charge in [0.25, 0.3) is 0 Å². The van der Waals surface area contributed by atoms with Crippen LogP contribution >= 0.6 is 11.3 Å². The molecule has 1 unspecified atom stereocenters. The molecule has 2 heterocycles. The van der Waals surface area contributed by atoms with Gasteiger partial charge in [0.05, 0.1) is 0 Å². The van der Waals surface area contributed by atoms with Crippen LogP contribution in [0.1, 0.15) is 24.8 Å². The third-order valence-corrected chi connectivity index (χ3v) is 6.26. The van der Waals surface area contributed by atoms with E-state index >= 15 is 0 Å². The van der Waals surface area contributed by atoms with E-state index in [0.717, 1.165) is 44.2 Å². The quantitative estimate of drug-likeness (QED) is 0.875. The highest BCUT2D eigenvalue weighted by molar-refractivity contribution is 7.91. The standard InChI is InChI=1S/C15H22N2O3S2/c1-22(19,20)11-14(18)17(9-12-2-7-21-10-12)13-8-15(13)3-5-16-6-4-15/h2,7,10,13,16H,3-6,8-9,11H2,1H3. The van der Waals surface area contributed by atoms with Crippen LogP contribution in [0.5, 0.6) is 0 Å². The highest BCUT2D eigenvalue weighted by Gasteiger charge is 2.57. The van der Waals surface area contributed by atoms with E-state index in [4.69, 9.17) is 0 Å². The van der Waals surface area contributed by atoms with Crippen LogP contribution in [0.25, 0.3) is 0 Å². The van der Waals surface area contributed by atoms with E-state index in [0.29, 0.717) is 6.54 Å². The first-order valence-electron chi connectivity index (χ1n) is 7.59. The number of carbonyl (C=O) groups is 1. The van der Waals surface area contributed by atoms with Gasteiger partial charge in [0.2, 0.25) is 5.91 Å². The fourth-order valence-corrected chi connectivity index (χ4v) is 4.76. The zero-order valence-corrected chi connectivity index (χ0v) is 14.4. The summed E-state index contributed by atoms with van der Waals surface area (Å²) in [4.78, 5) is 14.3. The summed E-state index contributed by atoms with van der Waals surface area (Å²) in [7, 11) is -3.30. The first-order valence-corrected chi connectivity index (χ1v) is 10.6. The molecular weight excluding hydrogens is 320 g/mol. The van der Waals surface area contributed by atoms with Crippen LogP contribution in [-0.4, -0.2) is 50.4 Å². The van der Waals surface area contributed by atoms with Crippen LogP contribution in [0.15, 0.2) is 16.8 Å².